The van der Waals surface area contributed by atoms with E-state index in [0.29, 0.717) is 6.61 Å². The molecule has 152 valence electrons. The molecule has 1 heterocycles. The van der Waals surface area contributed by atoms with Gasteiger partial charge in [-0.1, -0.05) is 6.07 Å². The van der Waals surface area contributed by atoms with Gasteiger partial charge in [0.2, 0.25) is 10.0 Å². The summed E-state index contributed by atoms with van der Waals surface area (Å²) in [6, 6.07) is 3.98. The summed E-state index contributed by atoms with van der Waals surface area (Å²) in [6.45, 7) is 1.33. The summed E-state index contributed by atoms with van der Waals surface area (Å²) >= 11 is 0. The highest BCUT2D eigenvalue weighted by Gasteiger charge is 2.29. The molecule has 2 fully saturated rings. The monoisotopic (exact) mass is 402 g/mol. The lowest BCUT2D eigenvalue weighted by atomic mass is 9.82. The minimum absolute atomic E-state index is 0.0302. The number of sulfonamides is 1. The Labute approximate surface area is 159 Å². The van der Waals surface area contributed by atoms with E-state index in [4.69, 9.17) is 4.74 Å². The molecule has 3 rings (SSSR count). The minimum Gasteiger partial charge on any atom is -0.377 e. The molecule has 2 aliphatic rings. The van der Waals surface area contributed by atoms with Crippen molar-refractivity contribution in [3.63, 3.8) is 0 Å². The largest absolute Gasteiger partial charge is 0.377 e. The highest BCUT2D eigenvalue weighted by atomic mass is 32.2. The van der Waals surface area contributed by atoms with E-state index in [0.717, 1.165) is 50.6 Å². The predicted octanol–water partition coefficient (Wildman–Crippen LogP) is 2.68. The van der Waals surface area contributed by atoms with Crippen molar-refractivity contribution in [3.05, 3.63) is 35.4 Å². The molecule has 0 aromatic heterocycles. The number of piperidine rings is 1. The Hall–Kier alpha value is -1.09. The van der Waals surface area contributed by atoms with Gasteiger partial charge in [-0.25, -0.2) is 21.9 Å². The van der Waals surface area contributed by atoms with Crippen LogP contribution in [0.25, 0.3) is 0 Å². The smallest absolute Gasteiger partial charge is 0.209 e. The molecule has 0 spiro atoms. The molecule has 2 atom stereocenters. The van der Waals surface area contributed by atoms with Crippen molar-refractivity contribution in [1.29, 1.82) is 0 Å². The van der Waals surface area contributed by atoms with E-state index in [-0.39, 0.29) is 24.1 Å². The lowest BCUT2D eigenvalue weighted by Crippen LogP contribution is -2.55. The van der Waals surface area contributed by atoms with E-state index < -0.39 is 21.7 Å². The molecule has 1 aliphatic heterocycles. The van der Waals surface area contributed by atoms with Gasteiger partial charge in [0, 0.05) is 12.1 Å². The highest BCUT2D eigenvalue weighted by Crippen LogP contribution is 2.34. The van der Waals surface area contributed by atoms with Crippen molar-refractivity contribution in [2.75, 3.05) is 19.4 Å². The predicted molar refractivity (Wildman–Crippen MR) is 100 cm³/mol. The van der Waals surface area contributed by atoms with Gasteiger partial charge < -0.3 is 10.1 Å². The molecule has 8 heteroatoms. The van der Waals surface area contributed by atoms with Gasteiger partial charge in [-0.05, 0) is 68.7 Å². The highest BCUT2D eigenvalue weighted by molar-refractivity contribution is 7.88. The first kappa shape index (κ1) is 20.6. The number of nitrogens with one attached hydrogen (secondary N) is 2. The molecule has 0 unspecified atom stereocenters. The molecule has 2 N–H and O–H groups in total. The summed E-state index contributed by atoms with van der Waals surface area (Å²) in [6.07, 6.45) is 6.51. The Bertz CT molecular complexity index is 736. The standard InChI is InChI=1S/C19H28F2N2O3S/c1-27(24,25)23-18-3-2-10-22-19(18)12-26-15-7-4-13(5-8-15)14-6-9-16(20)17(21)11-14/h6,9,11,13,15,18-19,22-23H,2-5,7-8,10,12H2,1H3/t13-,15+,18-,19-/m0/s1. The zero-order chi connectivity index (χ0) is 19.4. The number of rotatable bonds is 6. The molecule has 5 nitrogen and oxygen atoms in total. The Kier molecular flexibility index (Phi) is 6.83. The van der Waals surface area contributed by atoms with E-state index in [1.54, 1.807) is 6.07 Å². The fourth-order valence-electron chi connectivity index (χ4n) is 4.11. The minimum atomic E-state index is -3.25. The molecule has 1 aromatic rings. The van der Waals surface area contributed by atoms with Crippen LogP contribution in [0.15, 0.2) is 18.2 Å². The third kappa shape index (κ3) is 5.94. The number of hydrogen-bond acceptors (Lipinski definition) is 4. The van der Waals surface area contributed by atoms with Crippen LogP contribution >= 0.6 is 0 Å². The zero-order valence-electron chi connectivity index (χ0n) is 15.6. The molecule has 1 saturated heterocycles. The van der Waals surface area contributed by atoms with E-state index in [2.05, 4.69) is 10.0 Å². The van der Waals surface area contributed by atoms with Gasteiger partial charge in [-0.2, -0.15) is 0 Å². The average molecular weight is 403 g/mol. The van der Waals surface area contributed by atoms with E-state index in [1.165, 1.54) is 18.4 Å². The molecule has 1 saturated carbocycles. The van der Waals surface area contributed by atoms with E-state index in [9.17, 15) is 17.2 Å². The molecular weight excluding hydrogens is 374 g/mol. The van der Waals surface area contributed by atoms with Crippen LogP contribution in [0.5, 0.6) is 0 Å². The maximum Gasteiger partial charge on any atom is 0.209 e. The Balaban J connectivity index is 1.48. The van der Waals surface area contributed by atoms with Crippen molar-refractivity contribution >= 4 is 10.0 Å². The van der Waals surface area contributed by atoms with Gasteiger partial charge in [0.15, 0.2) is 11.6 Å². The Morgan fingerprint density at radius 2 is 1.89 bits per heavy atom. The molecule has 0 radical (unpaired) electrons. The zero-order valence-corrected chi connectivity index (χ0v) is 16.4. The van der Waals surface area contributed by atoms with Crippen molar-refractivity contribution in [1.82, 2.24) is 10.0 Å². The van der Waals surface area contributed by atoms with Crippen LogP contribution < -0.4 is 10.0 Å². The van der Waals surface area contributed by atoms with Crippen molar-refractivity contribution < 1.29 is 21.9 Å². The lowest BCUT2D eigenvalue weighted by Gasteiger charge is -2.35. The second kappa shape index (κ2) is 8.94. The summed E-state index contributed by atoms with van der Waals surface area (Å²) in [5, 5.41) is 3.35. The average Bonchev–Trinajstić information content (AvgIpc) is 2.62. The van der Waals surface area contributed by atoms with Gasteiger partial charge in [0.1, 0.15) is 0 Å². The molecule has 0 amide bonds. The van der Waals surface area contributed by atoms with E-state index in [1.807, 2.05) is 0 Å². The van der Waals surface area contributed by atoms with Crippen LogP contribution in [0.3, 0.4) is 0 Å². The Morgan fingerprint density at radius 1 is 1.15 bits per heavy atom. The number of halogens is 2. The van der Waals surface area contributed by atoms with Crippen LogP contribution in [0.4, 0.5) is 8.78 Å². The maximum atomic E-state index is 13.4. The quantitative estimate of drug-likeness (QED) is 0.768. The third-order valence-corrected chi connectivity index (χ3v) is 6.28. The fraction of sp³-hybridized carbons (Fsp3) is 0.684. The lowest BCUT2D eigenvalue weighted by molar-refractivity contribution is 0.00522. The van der Waals surface area contributed by atoms with Crippen molar-refractivity contribution in [3.8, 4) is 0 Å². The van der Waals surface area contributed by atoms with E-state index >= 15 is 0 Å². The first-order valence-corrected chi connectivity index (χ1v) is 11.5. The summed E-state index contributed by atoms with van der Waals surface area (Å²) < 4.78 is 58.4. The third-order valence-electron chi connectivity index (χ3n) is 5.55. The molecular formula is C19H28F2N2O3S. The first-order chi connectivity index (χ1) is 12.8. The molecule has 0 bridgehead atoms. The number of hydrogen-bond donors (Lipinski definition) is 2. The molecule has 1 aromatic carbocycles. The Morgan fingerprint density at radius 3 is 2.56 bits per heavy atom. The van der Waals surface area contributed by atoms with Crippen LogP contribution in [-0.4, -0.2) is 46.0 Å². The topological polar surface area (TPSA) is 67.4 Å². The van der Waals surface area contributed by atoms with Gasteiger partial charge in [0.05, 0.1) is 19.0 Å². The van der Waals surface area contributed by atoms with Gasteiger partial charge in [-0.3, -0.25) is 0 Å². The van der Waals surface area contributed by atoms with Crippen molar-refractivity contribution in [2.24, 2.45) is 0 Å². The molecule has 1 aliphatic carbocycles. The fourth-order valence-corrected chi connectivity index (χ4v) is 4.94. The summed E-state index contributed by atoms with van der Waals surface area (Å²) in [4.78, 5) is 0. The molecule has 27 heavy (non-hydrogen) atoms. The normalized spacial score (nSPS) is 29.6. The summed E-state index contributed by atoms with van der Waals surface area (Å²) in [5.41, 5.74) is 0.846. The SMILES string of the molecule is CS(=O)(=O)N[C@H]1CCCN[C@H]1CO[C@H]1CC[C@@H](c2ccc(F)c(F)c2)CC1. The maximum absolute atomic E-state index is 13.4. The van der Waals surface area contributed by atoms with Gasteiger partial charge in [0.25, 0.3) is 0 Å². The van der Waals surface area contributed by atoms with Crippen LogP contribution in [0.2, 0.25) is 0 Å². The van der Waals surface area contributed by atoms with Crippen LogP contribution in [-0.2, 0) is 14.8 Å². The second-order valence-electron chi connectivity index (χ2n) is 7.68. The van der Waals surface area contributed by atoms with Crippen LogP contribution in [0.1, 0.15) is 50.0 Å². The number of benzene rings is 1. The second-order valence-corrected chi connectivity index (χ2v) is 9.46. The first-order valence-electron chi connectivity index (χ1n) is 9.59. The van der Waals surface area contributed by atoms with Gasteiger partial charge >= 0.3 is 0 Å². The summed E-state index contributed by atoms with van der Waals surface area (Å²) in [5.74, 6) is -1.38. The van der Waals surface area contributed by atoms with Crippen molar-refractivity contribution in [2.45, 2.75) is 62.6 Å². The number of ether oxygens (including phenoxy) is 1. The summed E-state index contributed by atoms with van der Waals surface area (Å²) in [7, 11) is -3.25. The van der Waals surface area contributed by atoms with Gasteiger partial charge in [-0.15, -0.1) is 0 Å². The van der Waals surface area contributed by atoms with Crippen LogP contribution in [0, 0.1) is 11.6 Å².